The summed E-state index contributed by atoms with van der Waals surface area (Å²) in [7, 11) is 0. The van der Waals surface area contributed by atoms with Gasteiger partial charge in [-0.3, -0.25) is 9.59 Å². The molecule has 2 aromatic rings. The van der Waals surface area contributed by atoms with Gasteiger partial charge < -0.3 is 15.2 Å². The zero-order chi connectivity index (χ0) is 15.9. The first-order valence-electron chi connectivity index (χ1n) is 6.77. The highest BCUT2D eigenvalue weighted by Crippen LogP contribution is 2.09. The van der Waals surface area contributed by atoms with Gasteiger partial charge in [-0.1, -0.05) is 28.9 Å². The van der Waals surface area contributed by atoms with Crippen molar-refractivity contribution in [1.82, 2.24) is 10.5 Å². The summed E-state index contributed by atoms with van der Waals surface area (Å²) >= 11 is 5.80. The molecule has 0 spiro atoms. The molecule has 0 atom stereocenters. The van der Waals surface area contributed by atoms with E-state index in [9.17, 15) is 9.59 Å². The summed E-state index contributed by atoms with van der Waals surface area (Å²) < 4.78 is 4.82. The molecular formula is C15H16ClN3O3. The molecule has 0 aliphatic heterocycles. The smallest absolute Gasteiger partial charge is 0.235 e. The third-order valence-corrected chi connectivity index (χ3v) is 3.12. The van der Waals surface area contributed by atoms with E-state index in [1.165, 1.54) is 0 Å². The topological polar surface area (TPSA) is 84.2 Å². The number of hydrogen-bond donors (Lipinski definition) is 2. The molecule has 2 amide bonds. The average Bonchev–Trinajstić information content (AvgIpc) is 2.86. The van der Waals surface area contributed by atoms with Crippen molar-refractivity contribution in [3.63, 3.8) is 0 Å². The van der Waals surface area contributed by atoms with Crippen molar-refractivity contribution >= 4 is 29.2 Å². The molecule has 6 nitrogen and oxygen atoms in total. The number of benzene rings is 1. The maximum Gasteiger partial charge on any atom is 0.235 e. The Balaban J connectivity index is 1.69. The normalized spacial score (nSPS) is 10.3. The number of nitrogens with zero attached hydrogens (tertiary/aromatic N) is 1. The van der Waals surface area contributed by atoms with E-state index in [-0.39, 0.29) is 12.3 Å². The first-order valence-corrected chi connectivity index (χ1v) is 7.15. The summed E-state index contributed by atoms with van der Waals surface area (Å²) in [6, 6.07) is 8.97. The summed E-state index contributed by atoms with van der Waals surface area (Å²) in [4.78, 5) is 23.3. The van der Waals surface area contributed by atoms with Crippen molar-refractivity contribution in [2.24, 2.45) is 0 Å². The van der Waals surface area contributed by atoms with Crippen molar-refractivity contribution in [3.05, 3.63) is 46.7 Å². The largest absolute Gasteiger partial charge is 0.360 e. The Kier molecular flexibility index (Phi) is 5.55. The van der Waals surface area contributed by atoms with Crippen molar-refractivity contribution in [3.8, 4) is 0 Å². The van der Waals surface area contributed by atoms with Crippen LogP contribution in [0.25, 0.3) is 0 Å². The van der Waals surface area contributed by atoms with E-state index >= 15 is 0 Å². The highest BCUT2D eigenvalue weighted by atomic mass is 35.5. The highest BCUT2D eigenvalue weighted by Gasteiger charge is 2.11. The molecule has 0 bridgehead atoms. The van der Waals surface area contributed by atoms with Gasteiger partial charge in [0.1, 0.15) is 12.2 Å². The molecule has 0 saturated carbocycles. The second kappa shape index (κ2) is 7.61. The van der Waals surface area contributed by atoms with E-state index in [2.05, 4.69) is 15.8 Å². The van der Waals surface area contributed by atoms with Gasteiger partial charge in [-0.2, -0.15) is 0 Å². The summed E-state index contributed by atoms with van der Waals surface area (Å²) in [5.41, 5.74) is 1.06. The molecule has 2 rings (SSSR count). The molecule has 0 saturated heterocycles. The maximum atomic E-state index is 11.7. The zero-order valence-electron chi connectivity index (χ0n) is 12.1. The average molecular weight is 322 g/mol. The Labute approximate surface area is 132 Å². The zero-order valence-corrected chi connectivity index (χ0v) is 12.8. The SMILES string of the molecule is Cc1cc(NC(=O)CC(=O)NCCc2ccc(Cl)cc2)no1. The minimum Gasteiger partial charge on any atom is -0.360 e. The lowest BCUT2D eigenvalue weighted by Crippen LogP contribution is -2.29. The summed E-state index contributed by atoms with van der Waals surface area (Å²) in [5.74, 6) is 0.114. The minimum atomic E-state index is -0.433. The number of aromatic nitrogens is 1. The van der Waals surface area contributed by atoms with Crippen LogP contribution in [0.15, 0.2) is 34.9 Å². The van der Waals surface area contributed by atoms with E-state index in [0.717, 1.165) is 5.56 Å². The lowest BCUT2D eigenvalue weighted by Gasteiger charge is -2.05. The molecule has 2 N–H and O–H groups in total. The van der Waals surface area contributed by atoms with Gasteiger partial charge in [0, 0.05) is 17.6 Å². The fraction of sp³-hybridized carbons (Fsp3) is 0.267. The fourth-order valence-electron chi connectivity index (χ4n) is 1.82. The van der Waals surface area contributed by atoms with E-state index in [4.69, 9.17) is 16.1 Å². The number of carbonyl (C=O) groups excluding carboxylic acids is 2. The highest BCUT2D eigenvalue weighted by molar-refractivity contribution is 6.30. The Morgan fingerprint density at radius 3 is 2.59 bits per heavy atom. The Hall–Kier alpha value is -2.34. The van der Waals surface area contributed by atoms with Gasteiger partial charge >= 0.3 is 0 Å². The first-order chi connectivity index (χ1) is 10.5. The molecule has 1 aromatic heterocycles. The first kappa shape index (κ1) is 16.0. The Bertz CT molecular complexity index is 652. The standard InChI is InChI=1S/C15H16ClN3O3/c1-10-8-13(19-22-10)18-15(21)9-14(20)17-7-6-11-2-4-12(16)5-3-11/h2-5,8H,6-7,9H2,1H3,(H,17,20)(H,18,19,21). The summed E-state index contributed by atoms with van der Waals surface area (Å²) in [6.45, 7) is 2.17. The molecule has 1 aromatic carbocycles. The molecule has 0 radical (unpaired) electrons. The van der Waals surface area contributed by atoms with Crippen molar-refractivity contribution in [2.45, 2.75) is 19.8 Å². The van der Waals surface area contributed by atoms with Gasteiger partial charge in [-0.05, 0) is 31.0 Å². The van der Waals surface area contributed by atoms with E-state index in [0.29, 0.717) is 29.6 Å². The number of rotatable bonds is 6. The molecule has 0 fully saturated rings. The number of amides is 2. The molecule has 1 heterocycles. The van der Waals surface area contributed by atoms with Gasteiger partial charge in [0.15, 0.2) is 5.82 Å². The Morgan fingerprint density at radius 2 is 1.95 bits per heavy atom. The van der Waals surface area contributed by atoms with Crippen molar-refractivity contribution in [2.75, 3.05) is 11.9 Å². The second-order valence-electron chi connectivity index (χ2n) is 4.77. The quantitative estimate of drug-likeness (QED) is 0.800. The van der Waals surface area contributed by atoms with Crippen LogP contribution in [-0.2, 0) is 16.0 Å². The van der Waals surface area contributed by atoms with Crippen LogP contribution in [-0.4, -0.2) is 23.5 Å². The predicted octanol–water partition coefficient (Wildman–Crippen LogP) is 2.32. The van der Waals surface area contributed by atoms with Crippen LogP contribution in [0.5, 0.6) is 0 Å². The molecule has 0 aliphatic rings. The summed E-state index contributed by atoms with van der Waals surface area (Å²) in [6.07, 6.45) is 0.416. The van der Waals surface area contributed by atoms with Gasteiger partial charge in [0.2, 0.25) is 11.8 Å². The van der Waals surface area contributed by atoms with Gasteiger partial charge in [0.25, 0.3) is 0 Å². The van der Waals surface area contributed by atoms with Crippen LogP contribution in [0.1, 0.15) is 17.7 Å². The van der Waals surface area contributed by atoms with Crippen LogP contribution in [0.4, 0.5) is 5.82 Å². The van der Waals surface area contributed by atoms with E-state index in [1.807, 2.05) is 12.1 Å². The van der Waals surface area contributed by atoms with Crippen LogP contribution in [0, 0.1) is 6.92 Å². The Morgan fingerprint density at radius 1 is 1.23 bits per heavy atom. The molecule has 7 heteroatoms. The number of anilines is 1. The molecule has 116 valence electrons. The fourth-order valence-corrected chi connectivity index (χ4v) is 1.94. The lowest BCUT2D eigenvalue weighted by atomic mass is 10.1. The molecule has 0 unspecified atom stereocenters. The van der Waals surface area contributed by atoms with Crippen LogP contribution >= 0.6 is 11.6 Å². The van der Waals surface area contributed by atoms with Crippen LogP contribution in [0.2, 0.25) is 5.02 Å². The van der Waals surface area contributed by atoms with Gasteiger partial charge in [0.05, 0.1) is 0 Å². The van der Waals surface area contributed by atoms with Crippen molar-refractivity contribution < 1.29 is 14.1 Å². The van der Waals surface area contributed by atoms with Crippen molar-refractivity contribution in [1.29, 1.82) is 0 Å². The molecule has 22 heavy (non-hydrogen) atoms. The summed E-state index contributed by atoms with van der Waals surface area (Å²) in [5, 5.41) is 9.48. The third kappa shape index (κ3) is 5.21. The van der Waals surface area contributed by atoms with E-state index < -0.39 is 5.91 Å². The van der Waals surface area contributed by atoms with Gasteiger partial charge in [-0.25, -0.2) is 0 Å². The number of aryl methyl sites for hydroxylation is 1. The minimum absolute atomic E-state index is 0.257. The molecule has 0 aliphatic carbocycles. The molecular weight excluding hydrogens is 306 g/mol. The van der Waals surface area contributed by atoms with E-state index in [1.54, 1.807) is 25.1 Å². The number of carbonyl (C=O) groups is 2. The number of hydrogen-bond acceptors (Lipinski definition) is 4. The number of halogens is 1. The van der Waals surface area contributed by atoms with Crippen LogP contribution < -0.4 is 10.6 Å². The number of nitrogens with one attached hydrogen (secondary N) is 2. The predicted molar refractivity (Wildman–Crippen MR) is 82.7 cm³/mol. The third-order valence-electron chi connectivity index (χ3n) is 2.87. The maximum absolute atomic E-state index is 11.7. The lowest BCUT2D eigenvalue weighted by molar-refractivity contribution is -0.126. The van der Waals surface area contributed by atoms with Crippen LogP contribution in [0.3, 0.4) is 0 Å². The monoisotopic (exact) mass is 321 g/mol. The van der Waals surface area contributed by atoms with Gasteiger partial charge in [-0.15, -0.1) is 0 Å². The second-order valence-corrected chi connectivity index (χ2v) is 5.21.